The van der Waals surface area contributed by atoms with E-state index in [1.807, 2.05) is 0 Å². The molecule has 0 unspecified atom stereocenters. The monoisotopic (exact) mass is 214 g/mol. The van der Waals surface area contributed by atoms with Gasteiger partial charge in [0.15, 0.2) is 0 Å². The maximum absolute atomic E-state index is 12.8. The highest BCUT2D eigenvalue weighted by molar-refractivity contribution is 5.15. The zero-order chi connectivity index (χ0) is 11.1. The van der Waals surface area contributed by atoms with Crippen molar-refractivity contribution >= 4 is 0 Å². The van der Waals surface area contributed by atoms with Crippen molar-refractivity contribution in [2.45, 2.75) is 19.0 Å². The molecule has 1 aromatic rings. The molecule has 0 atom stereocenters. The van der Waals surface area contributed by atoms with Crippen molar-refractivity contribution in [3.63, 3.8) is 0 Å². The van der Waals surface area contributed by atoms with Crippen LogP contribution in [0.1, 0.15) is 11.4 Å². The van der Waals surface area contributed by atoms with E-state index in [4.69, 9.17) is 0 Å². The number of rotatable bonds is 1. The summed E-state index contributed by atoms with van der Waals surface area (Å²) in [4.78, 5) is 0. The Bertz CT molecular complexity index is 338. The van der Waals surface area contributed by atoms with Crippen molar-refractivity contribution in [3.8, 4) is 0 Å². The second-order valence-electron chi connectivity index (χ2n) is 2.87. The van der Waals surface area contributed by atoms with Crippen molar-refractivity contribution in [2.75, 3.05) is 0 Å². The van der Waals surface area contributed by atoms with E-state index in [0.717, 1.165) is 7.05 Å². The van der Waals surface area contributed by atoms with Crippen LogP contribution in [-0.4, -0.2) is 16.0 Å². The van der Waals surface area contributed by atoms with Crippen molar-refractivity contribution in [2.24, 2.45) is 7.05 Å². The highest BCUT2D eigenvalue weighted by Gasteiger charge is 2.60. The molecule has 0 aromatic carbocycles. The van der Waals surface area contributed by atoms with Gasteiger partial charge in [0.1, 0.15) is 5.69 Å². The van der Waals surface area contributed by atoms with Crippen molar-refractivity contribution in [1.29, 1.82) is 0 Å². The summed E-state index contributed by atoms with van der Waals surface area (Å²) in [5, 5.41) is 3.43. The molecular weight excluding hydrogens is 207 g/mol. The van der Waals surface area contributed by atoms with Gasteiger partial charge in [0, 0.05) is 7.05 Å². The van der Waals surface area contributed by atoms with Crippen LogP contribution >= 0.6 is 0 Å². The molecule has 1 rings (SSSR count). The minimum atomic E-state index is -5.59. The van der Waals surface area contributed by atoms with E-state index in [1.165, 1.54) is 6.92 Å². The minimum Gasteiger partial charge on any atom is -0.266 e. The van der Waals surface area contributed by atoms with Crippen LogP contribution in [-0.2, 0) is 13.0 Å². The second kappa shape index (κ2) is 2.93. The van der Waals surface area contributed by atoms with Crippen LogP contribution in [0.5, 0.6) is 0 Å². The van der Waals surface area contributed by atoms with Gasteiger partial charge in [-0.15, -0.1) is 0 Å². The van der Waals surface area contributed by atoms with Crippen molar-refractivity contribution in [1.82, 2.24) is 9.78 Å². The molecule has 0 amide bonds. The Hall–Kier alpha value is -1.14. The second-order valence-corrected chi connectivity index (χ2v) is 2.87. The van der Waals surface area contributed by atoms with Gasteiger partial charge in [-0.2, -0.15) is 27.1 Å². The molecule has 1 aromatic heterocycles. The Morgan fingerprint density at radius 1 is 1.21 bits per heavy atom. The lowest BCUT2D eigenvalue weighted by atomic mass is 10.2. The Balaban J connectivity index is 3.22. The summed E-state index contributed by atoms with van der Waals surface area (Å²) >= 11 is 0. The number of hydrogen-bond donors (Lipinski definition) is 0. The topological polar surface area (TPSA) is 17.8 Å². The molecule has 80 valence electrons. The lowest BCUT2D eigenvalue weighted by molar-refractivity contribution is -0.291. The van der Waals surface area contributed by atoms with Crippen LogP contribution in [0.2, 0.25) is 0 Å². The van der Waals surface area contributed by atoms with E-state index in [2.05, 4.69) is 5.10 Å². The third-order valence-electron chi connectivity index (χ3n) is 1.68. The third kappa shape index (κ3) is 1.58. The first-order valence-electron chi connectivity index (χ1n) is 3.62. The lowest BCUT2D eigenvalue weighted by Crippen LogP contribution is -2.35. The number of alkyl halides is 5. The fraction of sp³-hybridized carbons (Fsp3) is 0.571. The van der Waals surface area contributed by atoms with E-state index in [9.17, 15) is 22.0 Å². The van der Waals surface area contributed by atoms with Gasteiger partial charge in [-0.05, 0) is 13.0 Å². The highest BCUT2D eigenvalue weighted by Crippen LogP contribution is 2.43. The van der Waals surface area contributed by atoms with Gasteiger partial charge >= 0.3 is 12.1 Å². The van der Waals surface area contributed by atoms with E-state index in [1.54, 1.807) is 0 Å². The SMILES string of the molecule is Cc1cc(C(F)(F)C(F)(F)F)n(C)n1. The van der Waals surface area contributed by atoms with Crippen molar-refractivity contribution < 1.29 is 22.0 Å². The summed E-state index contributed by atoms with van der Waals surface area (Å²) in [6.45, 7) is 1.34. The molecule has 0 spiro atoms. The van der Waals surface area contributed by atoms with Gasteiger partial charge in [-0.1, -0.05) is 0 Å². The first-order chi connectivity index (χ1) is 6.16. The molecule has 0 fully saturated rings. The van der Waals surface area contributed by atoms with Crippen molar-refractivity contribution in [3.05, 3.63) is 17.5 Å². The lowest BCUT2D eigenvalue weighted by Gasteiger charge is -2.19. The fourth-order valence-electron chi connectivity index (χ4n) is 1.05. The molecule has 1 heterocycles. The van der Waals surface area contributed by atoms with E-state index in [0.29, 0.717) is 10.7 Å². The summed E-state index contributed by atoms with van der Waals surface area (Å²) in [6, 6.07) is 0.716. The molecule has 0 aliphatic rings. The first-order valence-corrected chi connectivity index (χ1v) is 3.62. The zero-order valence-electron chi connectivity index (χ0n) is 7.36. The Morgan fingerprint density at radius 2 is 1.71 bits per heavy atom. The third-order valence-corrected chi connectivity index (χ3v) is 1.68. The van der Waals surface area contributed by atoms with Crippen LogP contribution in [0.15, 0.2) is 6.07 Å². The summed E-state index contributed by atoms with van der Waals surface area (Å²) in [6.07, 6.45) is -5.59. The van der Waals surface area contributed by atoms with Crippen LogP contribution in [0.4, 0.5) is 22.0 Å². The zero-order valence-corrected chi connectivity index (χ0v) is 7.36. The molecule has 0 aliphatic carbocycles. The number of hydrogen-bond acceptors (Lipinski definition) is 1. The Kier molecular flexibility index (Phi) is 2.29. The molecule has 0 aliphatic heterocycles. The fourth-order valence-corrected chi connectivity index (χ4v) is 1.05. The molecule has 14 heavy (non-hydrogen) atoms. The van der Waals surface area contributed by atoms with E-state index < -0.39 is 17.8 Å². The quantitative estimate of drug-likeness (QED) is 0.656. The maximum Gasteiger partial charge on any atom is 0.459 e. The van der Waals surface area contributed by atoms with Crippen LogP contribution < -0.4 is 0 Å². The van der Waals surface area contributed by atoms with Crippen LogP contribution in [0, 0.1) is 6.92 Å². The van der Waals surface area contributed by atoms with Gasteiger partial charge in [0.2, 0.25) is 0 Å². The summed E-state index contributed by atoms with van der Waals surface area (Å²) in [7, 11) is 1.04. The molecule has 2 nitrogen and oxygen atoms in total. The van der Waals surface area contributed by atoms with E-state index in [-0.39, 0.29) is 5.69 Å². The predicted molar refractivity (Wildman–Crippen MR) is 37.9 cm³/mol. The average molecular weight is 214 g/mol. The van der Waals surface area contributed by atoms with Crippen LogP contribution in [0.25, 0.3) is 0 Å². The molecule has 7 heteroatoms. The average Bonchev–Trinajstić information content (AvgIpc) is 2.27. The molecule has 0 N–H and O–H groups in total. The number of halogens is 5. The Labute approximate surface area is 76.3 Å². The highest BCUT2D eigenvalue weighted by atomic mass is 19.4. The predicted octanol–water partition coefficient (Wildman–Crippen LogP) is 2.38. The van der Waals surface area contributed by atoms with E-state index >= 15 is 0 Å². The van der Waals surface area contributed by atoms with Gasteiger partial charge in [-0.3, -0.25) is 4.68 Å². The first kappa shape index (κ1) is 10.9. The summed E-state index contributed by atoms with van der Waals surface area (Å²) in [5.74, 6) is -4.86. The molecule has 0 bridgehead atoms. The standard InChI is InChI=1S/C7H7F5N2/c1-4-3-5(14(2)13-4)6(8,9)7(10,11)12/h3H,1-2H3. The number of aryl methyl sites for hydroxylation is 2. The number of aromatic nitrogens is 2. The maximum atomic E-state index is 12.8. The minimum absolute atomic E-state index is 0.117. The van der Waals surface area contributed by atoms with Gasteiger partial charge in [-0.25, -0.2) is 0 Å². The Morgan fingerprint density at radius 3 is 2.00 bits per heavy atom. The summed E-state index contributed by atoms with van der Waals surface area (Å²) < 4.78 is 61.8. The molecule has 0 saturated heterocycles. The number of nitrogens with zero attached hydrogens (tertiary/aromatic N) is 2. The smallest absolute Gasteiger partial charge is 0.266 e. The summed E-state index contributed by atoms with van der Waals surface area (Å²) in [5.41, 5.74) is -1.03. The van der Waals surface area contributed by atoms with Crippen LogP contribution in [0.3, 0.4) is 0 Å². The van der Waals surface area contributed by atoms with Gasteiger partial charge < -0.3 is 0 Å². The normalized spacial score (nSPS) is 13.4. The molecule has 0 radical (unpaired) electrons. The molecule has 0 saturated carbocycles. The van der Waals surface area contributed by atoms with Gasteiger partial charge in [0.05, 0.1) is 5.69 Å². The largest absolute Gasteiger partial charge is 0.459 e. The van der Waals surface area contributed by atoms with Gasteiger partial charge in [0.25, 0.3) is 0 Å². The molecular formula is C7H7F5N2.